The van der Waals surface area contributed by atoms with Crippen LogP contribution in [0.4, 0.5) is 0 Å². The highest BCUT2D eigenvalue weighted by Crippen LogP contribution is 2.43. The molecule has 6 heteroatoms. The Bertz CT molecular complexity index is 681. The molecule has 2 saturated heterocycles. The van der Waals surface area contributed by atoms with Crippen LogP contribution in [0.5, 0.6) is 11.5 Å². The van der Waals surface area contributed by atoms with Crippen LogP contribution in [-0.2, 0) is 4.74 Å². The molecule has 0 bridgehead atoms. The van der Waals surface area contributed by atoms with Gasteiger partial charge in [0.25, 0.3) is 5.91 Å². The zero-order valence-corrected chi connectivity index (χ0v) is 16.3. The molecule has 1 unspecified atom stereocenters. The van der Waals surface area contributed by atoms with Gasteiger partial charge in [-0.05, 0) is 56.7 Å². The topological polar surface area (TPSA) is 60.0 Å². The second kappa shape index (κ2) is 7.68. The third-order valence-electron chi connectivity index (χ3n) is 6.36. The fourth-order valence-electron chi connectivity index (χ4n) is 4.61. The molecule has 2 heterocycles. The number of carbonyl (C=O) groups is 1. The first-order valence-electron chi connectivity index (χ1n) is 10.0. The Kier molecular flexibility index (Phi) is 5.28. The van der Waals surface area contributed by atoms with Crippen molar-refractivity contribution in [2.24, 2.45) is 0 Å². The Morgan fingerprint density at radius 2 is 1.89 bits per heavy atom. The van der Waals surface area contributed by atoms with E-state index in [1.165, 1.54) is 19.3 Å². The largest absolute Gasteiger partial charge is 0.493 e. The normalized spacial score (nSPS) is 24.7. The summed E-state index contributed by atoms with van der Waals surface area (Å²) in [6, 6.07) is 6.31. The van der Waals surface area contributed by atoms with Crippen molar-refractivity contribution in [1.29, 1.82) is 0 Å². The van der Waals surface area contributed by atoms with E-state index in [1.54, 1.807) is 26.4 Å². The molecule has 148 valence electrons. The van der Waals surface area contributed by atoms with Crippen molar-refractivity contribution in [2.75, 3.05) is 33.9 Å². The molecule has 1 N–H and O–H groups in total. The van der Waals surface area contributed by atoms with Crippen molar-refractivity contribution in [1.82, 2.24) is 10.2 Å². The summed E-state index contributed by atoms with van der Waals surface area (Å²) in [6.07, 6.45) is 6.89. The van der Waals surface area contributed by atoms with Crippen LogP contribution in [0.1, 0.15) is 48.9 Å². The molecule has 3 aliphatic rings. The number of nitrogens with one attached hydrogen (secondary N) is 1. The smallest absolute Gasteiger partial charge is 0.253 e. The highest BCUT2D eigenvalue weighted by Gasteiger charge is 2.45. The van der Waals surface area contributed by atoms with E-state index >= 15 is 0 Å². The lowest BCUT2D eigenvalue weighted by molar-refractivity contribution is -0.0563. The molecular formula is C21H30N2O4. The van der Waals surface area contributed by atoms with Gasteiger partial charge in [-0.3, -0.25) is 4.79 Å². The highest BCUT2D eigenvalue weighted by atomic mass is 16.5. The summed E-state index contributed by atoms with van der Waals surface area (Å²) in [5.41, 5.74) is 0.844. The van der Waals surface area contributed by atoms with Crippen molar-refractivity contribution in [2.45, 2.75) is 56.2 Å². The summed E-state index contributed by atoms with van der Waals surface area (Å²) in [4.78, 5) is 14.8. The number of rotatable bonds is 5. The Morgan fingerprint density at radius 3 is 2.48 bits per heavy atom. The zero-order chi connectivity index (χ0) is 18.9. The van der Waals surface area contributed by atoms with E-state index in [0.717, 1.165) is 39.0 Å². The maximum atomic E-state index is 12.8. The van der Waals surface area contributed by atoms with Crippen LogP contribution in [0, 0.1) is 0 Å². The SMILES string of the molecule is COc1ccc(C(=O)N2CCC(NC3COC4(CCC4)C3)CC2)cc1OC. The second-order valence-corrected chi connectivity index (χ2v) is 8.05. The Morgan fingerprint density at radius 1 is 1.15 bits per heavy atom. The summed E-state index contributed by atoms with van der Waals surface area (Å²) in [7, 11) is 3.18. The molecule has 0 radical (unpaired) electrons. The van der Waals surface area contributed by atoms with E-state index in [-0.39, 0.29) is 11.5 Å². The van der Waals surface area contributed by atoms with Crippen LogP contribution in [0.25, 0.3) is 0 Å². The number of hydrogen-bond acceptors (Lipinski definition) is 5. The molecule has 1 spiro atoms. The molecule has 6 nitrogen and oxygen atoms in total. The number of likely N-dealkylation sites (tertiary alicyclic amines) is 1. The molecule has 0 aromatic heterocycles. The molecule has 27 heavy (non-hydrogen) atoms. The average molecular weight is 374 g/mol. The minimum absolute atomic E-state index is 0.0621. The summed E-state index contributed by atoms with van der Waals surface area (Å²) in [5, 5.41) is 3.77. The minimum Gasteiger partial charge on any atom is -0.493 e. The van der Waals surface area contributed by atoms with E-state index in [4.69, 9.17) is 14.2 Å². The number of amides is 1. The van der Waals surface area contributed by atoms with Crippen molar-refractivity contribution >= 4 is 5.91 Å². The average Bonchev–Trinajstić information content (AvgIpc) is 3.12. The quantitative estimate of drug-likeness (QED) is 0.859. The van der Waals surface area contributed by atoms with Crippen molar-refractivity contribution < 1.29 is 19.0 Å². The molecule has 1 aromatic carbocycles. The predicted octanol–water partition coefficient (Wildman–Crippen LogP) is 2.61. The molecule has 1 amide bonds. The predicted molar refractivity (Wildman–Crippen MR) is 103 cm³/mol. The molecule has 4 rings (SSSR count). The number of methoxy groups -OCH3 is 2. The summed E-state index contributed by atoms with van der Waals surface area (Å²) >= 11 is 0. The van der Waals surface area contributed by atoms with Gasteiger partial charge in [-0.25, -0.2) is 0 Å². The summed E-state index contributed by atoms with van der Waals surface area (Å²) in [6.45, 7) is 2.40. The van der Waals surface area contributed by atoms with Crippen LogP contribution < -0.4 is 14.8 Å². The van der Waals surface area contributed by atoms with E-state index in [0.29, 0.717) is 29.1 Å². The third kappa shape index (κ3) is 3.78. The fraction of sp³-hybridized carbons (Fsp3) is 0.667. The lowest BCUT2D eigenvalue weighted by Gasteiger charge is -2.37. The van der Waals surface area contributed by atoms with Crippen molar-refractivity contribution in [3.8, 4) is 11.5 Å². The van der Waals surface area contributed by atoms with Gasteiger partial charge in [0, 0.05) is 30.7 Å². The Labute approximate surface area is 161 Å². The van der Waals surface area contributed by atoms with Crippen LogP contribution in [0.2, 0.25) is 0 Å². The number of carbonyl (C=O) groups excluding carboxylic acids is 1. The minimum atomic E-state index is 0.0621. The van der Waals surface area contributed by atoms with Gasteiger partial charge in [0.15, 0.2) is 11.5 Å². The van der Waals surface area contributed by atoms with Gasteiger partial charge >= 0.3 is 0 Å². The molecule has 1 atom stereocenters. The molecule has 2 aliphatic heterocycles. The molecule has 1 aromatic rings. The zero-order valence-electron chi connectivity index (χ0n) is 16.3. The maximum Gasteiger partial charge on any atom is 0.253 e. The van der Waals surface area contributed by atoms with E-state index in [9.17, 15) is 4.79 Å². The number of ether oxygens (including phenoxy) is 3. The van der Waals surface area contributed by atoms with E-state index in [2.05, 4.69) is 5.32 Å². The van der Waals surface area contributed by atoms with Gasteiger partial charge < -0.3 is 24.4 Å². The van der Waals surface area contributed by atoms with Gasteiger partial charge in [0.2, 0.25) is 0 Å². The monoisotopic (exact) mass is 374 g/mol. The van der Waals surface area contributed by atoms with Crippen LogP contribution in [0.15, 0.2) is 18.2 Å². The van der Waals surface area contributed by atoms with Gasteiger partial charge in [-0.15, -0.1) is 0 Å². The van der Waals surface area contributed by atoms with Gasteiger partial charge in [0.1, 0.15) is 0 Å². The Balaban J connectivity index is 1.29. The van der Waals surface area contributed by atoms with Crippen LogP contribution in [-0.4, -0.2) is 62.4 Å². The molecule has 1 aliphatic carbocycles. The third-order valence-corrected chi connectivity index (χ3v) is 6.36. The second-order valence-electron chi connectivity index (χ2n) is 8.05. The first kappa shape index (κ1) is 18.6. The van der Waals surface area contributed by atoms with Gasteiger partial charge in [-0.1, -0.05) is 0 Å². The lowest BCUT2D eigenvalue weighted by atomic mass is 9.77. The number of nitrogens with zero attached hydrogens (tertiary/aromatic N) is 1. The molecule has 1 saturated carbocycles. The fourth-order valence-corrected chi connectivity index (χ4v) is 4.61. The van der Waals surface area contributed by atoms with Crippen molar-refractivity contribution in [3.05, 3.63) is 23.8 Å². The van der Waals surface area contributed by atoms with E-state index in [1.807, 2.05) is 11.0 Å². The van der Waals surface area contributed by atoms with Gasteiger partial charge in [0.05, 0.1) is 26.4 Å². The standard InChI is InChI=1S/C21H30N2O4/c1-25-18-5-4-15(12-19(18)26-2)20(24)23-10-6-16(7-11-23)22-17-13-21(27-14-17)8-3-9-21/h4-5,12,16-17,22H,3,6-11,13-14H2,1-2H3. The molecular weight excluding hydrogens is 344 g/mol. The maximum absolute atomic E-state index is 12.8. The highest BCUT2D eigenvalue weighted by molar-refractivity contribution is 5.95. The van der Waals surface area contributed by atoms with Gasteiger partial charge in [-0.2, -0.15) is 0 Å². The first-order chi connectivity index (χ1) is 13.1. The van der Waals surface area contributed by atoms with Crippen LogP contribution >= 0.6 is 0 Å². The summed E-state index contributed by atoms with van der Waals surface area (Å²) in [5.74, 6) is 1.29. The Hall–Kier alpha value is -1.79. The summed E-state index contributed by atoms with van der Waals surface area (Å²) < 4.78 is 16.6. The number of benzene rings is 1. The number of piperidine rings is 1. The lowest BCUT2D eigenvalue weighted by Crippen LogP contribution is -2.48. The number of hydrogen-bond donors (Lipinski definition) is 1. The van der Waals surface area contributed by atoms with Crippen LogP contribution in [0.3, 0.4) is 0 Å². The molecule has 3 fully saturated rings. The van der Waals surface area contributed by atoms with E-state index < -0.39 is 0 Å². The first-order valence-corrected chi connectivity index (χ1v) is 10.0. The van der Waals surface area contributed by atoms with Crippen molar-refractivity contribution in [3.63, 3.8) is 0 Å².